The van der Waals surface area contributed by atoms with Gasteiger partial charge < -0.3 is 14.9 Å². The van der Waals surface area contributed by atoms with Crippen LogP contribution in [-0.2, 0) is 0 Å². The molecular formula is C16H14Cl2O4. The van der Waals surface area contributed by atoms with Crippen molar-refractivity contribution in [2.75, 3.05) is 0 Å². The summed E-state index contributed by atoms with van der Waals surface area (Å²) in [5, 5.41) is 18.7. The predicted molar refractivity (Wildman–Crippen MR) is 85.7 cm³/mol. The average molecular weight is 341 g/mol. The van der Waals surface area contributed by atoms with Crippen molar-refractivity contribution in [3.63, 3.8) is 0 Å². The molecule has 116 valence electrons. The Labute approximate surface area is 137 Å². The van der Waals surface area contributed by atoms with Crippen molar-refractivity contribution in [3.05, 3.63) is 51.5 Å². The molecule has 0 heterocycles. The van der Waals surface area contributed by atoms with Crippen molar-refractivity contribution in [1.82, 2.24) is 0 Å². The number of aromatic carboxylic acids is 1. The van der Waals surface area contributed by atoms with E-state index < -0.39 is 5.97 Å². The summed E-state index contributed by atoms with van der Waals surface area (Å²) in [4.78, 5) is 11.0. The van der Waals surface area contributed by atoms with Gasteiger partial charge in [0.1, 0.15) is 22.3 Å². The normalized spacial score (nSPS) is 10.8. The lowest BCUT2D eigenvalue weighted by molar-refractivity contribution is 0.0697. The molecule has 0 aliphatic rings. The van der Waals surface area contributed by atoms with E-state index in [4.69, 9.17) is 33.0 Å². The molecule has 2 rings (SSSR count). The van der Waals surface area contributed by atoms with E-state index in [1.807, 2.05) is 13.8 Å². The van der Waals surface area contributed by atoms with Gasteiger partial charge in [-0.05, 0) is 36.2 Å². The lowest BCUT2D eigenvalue weighted by Gasteiger charge is -2.13. The molecule has 0 fully saturated rings. The van der Waals surface area contributed by atoms with Gasteiger partial charge >= 0.3 is 5.97 Å². The molecule has 0 unspecified atom stereocenters. The number of carboxylic acid groups (broad SMARTS) is 1. The average Bonchev–Trinajstić information content (AvgIpc) is 2.45. The van der Waals surface area contributed by atoms with Crippen LogP contribution in [0.3, 0.4) is 0 Å². The van der Waals surface area contributed by atoms with Gasteiger partial charge in [0.15, 0.2) is 0 Å². The fraction of sp³-hybridized carbons (Fsp3) is 0.188. The van der Waals surface area contributed by atoms with Crippen LogP contribution in [0.5, 0.6) is 17.2 Å². The van der Waals surface area contributed by atoms with Crippen LogP contribution in [0.4, 0.5) is 0 Å². The van der Waals surface area contributed by atoms with Crippen LogP contribution in [0.25, 0.3) is 0 Å². The highest BCUT2D eigenvalue weighted by molar-refractivity contribution is 6.44. The molecule has 0 saturated carbocycles. The summed E-state index contributed by atoms with van der Waals surface area (Å²) < 4.78 is 5.65. The highest BCUT2D eigenvalue weighted by atomic mass is 35.5. The van der Waals surface area contributed by atoms with Crippen LogP contribution in [0, 0.1) is 0 Å². The number of carboxylic acids is 1. The van der Waals surface area contributed by atoms with Crippen LogP contribution in [0.1, 0.15) is 35.7 Å². The van der Waals surface area contributed by atoms with Gasteiger partial charge in [0, 0.05) is 5.56 Å². The lowest BCUT2D eigenvalue weighted by atomic mass is 10.0. The van der Waals surface area contributed by atoms with Crippen molar-refractivity contribution in [1.29, 1.82) is 0 Å². The number of phenols is 1. The van der Waals surface area contributed by atoms with Crippen molar-refractivity contribution in [2.45, 2.75) is 19.8 Å². The van der Waals surface area contributed by atoms with Gasteiger partial charge in [0.05, 0.1) is 10.6 Å². The van der Waals surface area contributed by atoms with Gasteiger partial charge in [-0.15, -0.1) is 0 Å². The first-order chi connectivity index (χ1) is 10.3. The van der Waals surface area contributed by atoms with Gasteiger partial charge in [-0.2, -0.15) is 0 Å². The maximum atomic E-state index is 11.0. The van der Waals surface area contributed by atoms with Gasteiger partial charge in [-0.25, -0.2) is 4.79 Å². The van der Waals surface area contributed by atoms with E-state index in [1.54, 1.807) is 12.1 Å². The summed E-state index contributed by atoms with van der Waals surface area (Å²) >= 11 is 12.0. The highest BCUT2D eigenvalue weighted by Gasteiger charge is 2.17. The quantitative estimate of drug-likeness (QED) is 0.790. The molecule has 0 amide bonds. The molecule has 2 aromatic carbocycles. The zero-order chi connectivity index (χ0) is 16.4. The van der Waals surface area contributed by atoms with Crippen molar-refractivity contribution in [2.24, 2.45) is 0 Å². The molecule has 6 heteroatoms. The van der Waals surface area contributed by atoms with Crippen molar-refractivity contribution in [3.8, 4) is 17.2 Å². The third-order valence-corrected chi connectivity index (χ3v) is 3.99. The Kier molecular flexibility index (Phi) is 4.84. The van der Waals surface area contributed by atoms with Gasteiger partial charge in [0.2, 0.25) is 0 Å². The van der Waals surface area contributed by atoms with E-state index in [9.17, 15) is 9.90 Å². The molecule has 0 atom stereocenters. The number of hydrogen-bond donors (Lipinski definition) is 2. The monoisotopic (exact) mass is 340 g/mol. The number of hydrogen-bond acceptors (Lipinski definition) is 3. The summed E-state index contributed by atoms with van der Waals surface area (Å²) in [7, 11) is 0. The number of ether oxygens (including phenoxy) is 1. The van der Waals surface area contributed by atoms with Crippen molar-refractivity contribution < 1.29 is 19.7 Å². The van der Waals surface area contributed by atoms with Crippen LogP contribution in [-0.4, -0.2) is 16.2 Å². The molecule has 0 aliphatic carbocycles. The van der Waals surface area contributed by atoms with E-state index in [0.717, 1.165) is 5.56 Å². The number of halogens is 2. The summed E-state index contributed by atoms with van der Waals surface area (Å²) in [5.74, 6) is -0.130. The molecule has 0 aliphatic heterocycles. The SMILES string of the molecule is CC(C)c1cc(Oc2ccc(C(=O)O)c(Cl)c2Cl)ccc1O. The van der Waals surface area contributed by atoms with Gasteiger partial charge in [-0.3, -0.25) is 0 Å². The Morgan fingerprint density at radius 2 is 1.82 bits per heavy atom. The van der Waals surface area contributed by atoms with E-state index in [0.29, 0.717) is 5.75 Å². The molecule has 2 N–H and O–H groups in total. The Morgan fingerprint density at radius 1 is 1.14 bits per heavy atom. The Morgan fingerprint density at radius 3 is 2.41 bits per heavy atom. The lowest BCUT2D eigenvalue weighted by Crippen LogP contribution is -1.98. The topological polar surface area (TPSA) is 66.8 Å². The summed E-state index contributed by atoms with van der Waals surface area (Å²) in [6.07, 6.45) is 0. The Bertz CT molecular complexity index is 726. The smallest absolute Gasteiger partial charge is 0.337 e. The maximum absolute atomic E-state index is 11.0. The second-order valence-corrected chi connectivity index (χ2v) is 5.78. The molecule has 0 aromatic heterocycles. The summed E-state index contributed by atoms with van der Waals surface area (Å²) in [6, 6.07) is 7.60. The van der Waals surface area contributed by atoms with Gasteiger partial charge in [0.25, 0.3) is 0 Å². The molecule has 0 radical (unpaired) electrons. The number of benzene rings is 2. The minimum Gasteiger partial charge on any atom is -0.508 e. The zero-order valence-corrected chi connectivity index (χ0v) is 13.4. The van der Waals surface area contributed by atoms with E-state index in [-0.39, 0.29) is 33.0 Å². The molecule has 2 aromatic rings. The molecular weight excluding hydrogens is 327 g/mol. The number of carbonyl (C=O) groups is 1. The second kappa shape index (κ2) is 6.46. The number of aromatic hydroxyl groups is 1. The fourth-order valence-corrected chi connectivity index (χ4v) is 2.40. The van der Waals surface area contributed by atoms with Crippen LogP contribution < -0.4 is 4.74 Å². The first-order valence-electron chi connectivity index (χ1n) is 6.53. The molecule has 4 nitrogen and oxygen atoms in total. The molecule has 0 bridgehead atoms. The zero-order valence-electron chi connectivity index (χ0n) is 11.9. The van der Waals surface area contributed by atoms with Crippen LogP contribution in [0.15, 0.2) is 30.3 Å². The van der Waals surface area contributed by atoms with Crippen LogP contribution in [0.2, 0.25) is 10.0 Å². The second-order valence-electron chi connectivity index (χ2n) is 5.02. The third kappa shape index (κ3) is 3.29. The molecule has 0 spiro atoms. The van der Waals surface area contributed by atoms with E-state index in [1.165, 1.54) is 18.2 Å². The third-order valence-electron chi connectivity index (χ3n) is 3.13. The molecule has 0 saturated heterocycles. The van der Waals surface area contributed by atoms with E-state index in [2.05, 4.69) is 0 Å². The number of phenolic OH excluding ortho intramolecular Hbond substituents is 1. The van der Waals surface area contributed by atoms with Crippen molar-refractivity contribution >= 4 is 29.2 Å². The largest absolute Gasteiger partial charge is 0.508 e. The standard InChI is InChI=1S/C16H14Cl2O4/c1-8(2)11-7-9(3-5-12(11)19)22-13-6-4-10(16(20)21)14(17)15(13)18/h3-8,19H,1-2H3,(H,20,21). The summed E-state index contributed by atoms with van der Waals surface area (Å²) in [5.41, 5.74) is 0.648. The maximum Gasteiger partial charge on any atom is 0.337 e. The Balaban J connectivity index is 2.38. The first kappa shape index (κ1) is 16.5. The van der Waals surface area contributed by atoms with Crippen LogP contribution >= 0.6 is 23.2 Å². The van der Waals surface area contributed by atoms with Gasteiger partial charge in [-0.1, -0.05) is 37.0 Å². The highest BCUT2D eigenvalue weighted by Crippen LogP contribution is 2.38. The molecule has 22 heavy (non-hydrogen) atoms. The minimum absolute atomic E-state index is 0.0285. The number of rotatable bonds is 4. The fourth-order valence-electron chi connectivity index (χ4n) is 1.96. The predicted octanol–water partition coefficient (Wildman–Crippen LogP) is 5.31. The van der Waals surface area contributed by atoms with E-state index >= 15 is 0 Å². The first-order valence-corrected chi connectivity index (χ1v) is 7.29. The minimum atomic E-state index is -1.16. The summed E-state index contributed by atoms with van der Waals surface area (Å²) in [6.45, 7) is 3.90. The Hall–Kier alpha value is -1.91.